The fraction of sp³-hybridized carbons (Fsp3) is 0.696. The Bertz CT molecular complexity index is 728. The first-order chi connectivity index (χ1) is 14.4. The Balaban J connectivity index is 1.92. The molecule has 0 radical (unpaired) electrons. The van der Waals surface area contributed by atoms with Crippen LogP contribution in [0.1, 0.15) is 47.0 Å². The number of allylic oxidation sites excluding steroid dienone is 1. The number of amides is 2. The quantitative estimate of drug-likeness (QED) is 0.250. The Kier molecular flexibility index (Phi) is 8.27. The van der Waals surface area contributed by atoms with Gasteiger partial charge in [0.2, 0.25) is 5.91 Å². The first-order valence-corrected chi connectivity index (χ1v) is 14.0. The maximum absolute atomic E-state index is 12.6. The number of rotatable bonds is 9. The summed E-state index contributed by atoms with van der Waals surface area (Å²) in [5.74, 6) is -0.441. The topological polar surface area (TPSA) is 84.9 Å². The van der Waals surface area contributed by atoms with E-state index < -0.39 is 8.32 Å². The number of nitrogens with one attached hydrogen (secondary N) is 1. The minimum Gasteiger partial charge on any atom is -0.445 e. The molecule has 2 aliphatic heterocycles. The molecule has 2 heterocycles. The summed E-state index contributed by atoms with van der Waals surface area (Å²) in [6.45, 7) is 17.1. The molecule has 7 nitrogen and oxygen atoms in total. The van der Waals surface area contributed by atoms with Gasteiger partial charge in [-0.15, -0.1) is 0 Å². The molecule has 0 aromatic rings. The molecule has 0 aliphatic carbocycles. The number of β-lactam (4-membered cyclic amide) rings is 1. The van der Waals surface area contributed by atoms with Crippen molar-refractivity contribution in [1.82, 2.24) is 10.2 Å². The van der Waals surface area contributed by atoms with Crippen LogP contribution in [0.5, 0.6) is 0 Å². The van der Waals surface area contributed by atoms with Gasteiger partial charge in [-0.3, -0.25) is 9.59 Å². The lowest BCUT2D eigenvalue weighted by molar-refractivity contribution is -0.140. The minimum atomic E-state index is -2.01. The van der Waals surface area contributed by atoms with Crippen molar-refractivity contribution < 1.29 is 23.5 Å². The third kappa shape index (κ3) is 6.29. The van der Waals surface area contributed by atoms with E-state index in [1.165, 1.54) is 12.2 Å². The maximum Gasteiger partial charge on any atom is 0.410 e. The molecular formula is C23H38N2O5Si. The van der Waals surface area contributed by atoms with E-state index >= 15 is 0 Å². The Morgan fingerprint density at radius 3 is 2.61 bits per heavy atom. The van der Waals surface area contributed by atoms with Crippen LogP contribution in [0.3, 0.4) is 0 Å². The number of hydrogen-bond acceptors (Lipinski definition) is 5. The lowest BCUT2D eigenvalue weighted by atomic mass is 9.83. The number of likely N-dealkylation sites (tertiary alicyclic amines) is 1. The van der Waals surface area contributed by atoms with Crippen LogP contribution in [-0.2, 0) is 18.8 Å². The third-order valence-corrected chi connectivity index (χ3v) is 11.2. The maximum atomic E-state index is 12.6. The van der Waals surface area contributed by atoms with Crippen molar-refractivity contribution in [2.75, 3.05) is 13.2 Å². The predicted molar refractivity (Wildman–Crippen MR) is 123 cm³/mol. The summed E-state index contributed by atoms with van der Waals surface area (Å²) in [5.41, 5.74) is 0. The first kappa shape index (κ1) is 25.3. The zero-order valence-corrected chi connectivity index (χ0v) is 20.8. The van der Waals surface area contributed by atoms with E-state index in [2.05, 4.69) is 45.8 Å². The van der Waals surface area contributed by atoms with Crippen molar-refractivity contribution in [3.63, 3.8) is 0 Å². The molecule has 2 rings (SSSR count). The van der Waals surface area contributed by atoms with Gasteiger partial charge >= 0.3 is 6.09 Å². The Morgan fingerprint density at radius 1 is 1.35 bits per heavy atom. The molecule has 0 bridgehead atoms. The normalized spacial score (nSPS) is 25.2. The smallest absolute Gasteiger partial charge is 0.410 e. The molecule has 4 atom stereocenters. The SMILES string of the molecule is C=CCOC(=O)N1CCC[C@H]1/C=C/C(=O)C[C@H]1NC(=O)[C@@H]1[C@@H](C)O[Si](C)(C)C(C)(C)C. The van der Waals surface area contributed by atoms with Crippen LogP contribution in [0.2, 0.25) is 18.1 Å². The first-order valence-electron chi connectivity index (χ1n) is 11.1. The second kappa shape index (κ2) is 10.1. The molecule has 0 aromatic carbocycles. The molecule has 0 saturated carbocycles. The number of nitrogens with zero attached hydrogens (tertiary/aromatic N) is 1. The molecule has 174 valence electrons. The van der Waals surface area contributed by atoms with Crippen LogP contribution in [0, 0.1) is 5.92 Å². The van der Waals surface area contributed by atoms with Crippen LogP contribution in [-0.4, -0.2) is 62.3 Å². The van der Waals surface area contributed by atoms with E-state index in [4.69, 9.17) is 9.16 Å². The number of ketones is 1. The highest BCUT2D eigenvalue weighted by atomic mass is 28.4. The summed E-state index contributed by atoms with van der Waals surface area (Å²) in [7, 11) is -2.01. The molecule has 1 N–H and O–H groups in total. The van der Waals surface area contributed by atoms with Crippen molar-refractivity contribution in [3.05, 3.63) is 24.8 Å². The summed E-state index contributed by atoms with van der Waals surface area (Å²) in [5, 5.41) is 2.91. The zero-order valence-electron chi connectivity index (χ0n) is 19.8. The van der Waals surface area contributed by atoms with Gasteiger partial charge in [0.25, 0.3) is 0 Å². The Morgan fingerprint density at radius 2 is 2.03 bits per heavy atom. The van der Waals surface area contributed by atoms with Crippen LogP contribution >= 0.6 is 0 Å². The highest BCUT2D eigenvalue weighted by Gasteiger charge is 2.47. The van der Waals surface area contributed by atoms with Crippen molar-refractivity contribution in [1.29, 1.82) is 0 Å². The molecule has 2 amide bonds. The van der Waals surface area contributed by atoms with Gasteiger partial charge in [-0.2, -0.15) is 0 Å². The van der Waals surface area contributed by atoms with Gasteiger partial charge in [0.15, 0.2) is 14.1 Å². The lowest BCUT2D eigenvalue weighted by Gasteiger charge is -2.45. The number of carbonyl (C=O) groups excluding carboxylic acids is 3. The molecule has 0 aromatic heterocycles. The fourth-order valence-electron chi connectivity index (χ4n) is 3.82. The highest BCUT2D eigenvalue weighted by molar-refractivity contribution is 6.74. The third-order valence-electron chi connectivity index (χ3n) is 6.64. The molecule has 0 spiro atoms. The molecule has 2 aliphatic rings. The van der Waals surface area contributed by atoms with Crippen molar-refractivity contribution >= 4 is 26.1 Å². The molecule has 0 unspecified atom stereocenters. The predicted octanol–water partition coefficient (Wildman–Crippen LogP) is 3.81. The standard InChI is InChI=1S/C23H38N2O5Si/c1-8-14-29-22(28)25-13-9-10-17(25)11-12-18(26)15-19-20(21(27)24-19)16(2)30-31(6,7)23(3,4)5/h8,11-12,16-17,19-20H,1,9-10,13-15H2,2-7H3,(H,24,27)/b12-11+/t16-,17+,19-,20-/m1/s1. The van der Waals surface area contributed by atoms with E-state index in [0.717, 1.165) is 12.8 Å². The van der Waals surface area contributed by atoms with Crippen molar-refractivity contribution in [2.24, 2.45) is 5.92 Å². The summed E-state index contributed by atoms with van der Waals surface area (Å²) in [6, 6.07) is -0.365. The molecule has 2 fully saturated rings. The van der Waals surface area contributed by atoms with E-state index in [1.807, 2.05) is 6.92 Å². The van der Waals surface area contributed by atoms with E-state index in [1.54, 1.807) is 11.0 Å². The van der Waals surface area contributed by atoms with Gasteiger partial charge in [0.05, 0.1) is 24.1 Å². The second-order valence-electron chi connectivity index (χ2n) is 10.0. The lowest BCUT2D eigenvalue weighted by Crippen LogP contribution is -2.64. The largest absolute Gasteiger partial charge is 0.445 e. The average molecular weight is 451 g/mol. The summed E-state index contributed by atoms with van der Waals surface area (Å²) >= 11 is 0. The van der Waals surface area contributed by atoms with Crippen LogP contribution in [0.25, 0.3) is 0 Å². The van der Waals surface area contributed by atoms with Gasteiger partial charge in [0, 0.05) is 13.0 Å². The van der Waals surface area contributed by atoms with E-state index in [-0.39, 0.29) is 60.0 Å². The van der Waals surface area contributed by atoms with Crippen molar-refractivity contribution in [3.8, 4) is 0 Å². The zero-order chi connectivity index (χ0) is 23.4. The Labute approximate surface area is 187 Å². The van der Waals surface area contributed by atoms with Crippen LogP contribution in [0.15, 0.2) is 24.8 Å². The van der Waals surface area contributed by atoms with Gasteiger partial charge in [0.1, 0.15) is 6.61 Å². The molecule has 31 heavy (non-hydrogen) atoms. The van der Waals surface area contributed by atoms with Crippen LogP contribution in [0.4, 0.5) is 4.79 Å². The van der Waals surface area contributed by atoms with Gasteiger partial charge in [-0.05, 0) is 44.0 Å². The number of carbonyl (C=O) groups is 3. The molecule has 2 saturated heterocycles. The number of hydrogen-bond donors (Lipinski definition) is 1. The monoisotopic (exact) mass is 450 g/mol. The highest BCUT2D eigenvalue weighted by Crippen LogP contribution is 2.39. The summed E-state index contributed by atoms with van der Waals surface area (Å²) in [4.78, 5) is 38.5. The second-order valence-corrected chi connectivity index (χ2v) is 14.8. The fourth-order valence-corrected chi connectivity index (χ4v) is 5.25. The van der Waals surface area contributed by atoms with Gasteiger partial charge in [-0.25, -0.2) is 4.79 Å². The van der Waals surface area contributed by atoms with E-state index in [9.17, 15) is 14.4 Å². The Hall–Kier alpha value is -1.93. The molecule has 8 heteroatoms. The van der Waals surface area contributed by atoms with Crippen molar-refractivity contribution in [2.45, 2.75) is 83.3 Å². The van der Waals surface area contributed by atoms with Gasteiger partial charge < -0.3 is 19.4 Å². The summed E-state index contributed by atoms with van der Waals surface area (Å²) < 4.78 is 11.5. The molecular weight excluding hydrogens is 412 g/mol. The number of ether oxygens (including phenoxy) is 1. The van der Waals surface area contributed by atoms with Gasteiger partial charge in [-0.1, -0.05) is 39.5 Å². The summed E-state index contributed by atoms with van der Waals surface area (Å²) in [6.07, 6.45) is 6.11. The van der Waals surface area contributed by atoms with Crippen LogP contribution < -0.4 is 5.32 Å². The van der Waals surface area contributed by atoms with E-state index in [0.29, 0.717) is 6.54 Å². The average Bonchev–Trinajstić information content (AvgIpc) is 3.11. The minimum absolute atomic E-state index is 0.0511.